The van der Waals surface area contributed by atoms with E-state index in [0.717, 1.165) is 16.8 Å². The third-order valence-corrected chi connectivity index (χ3v) is 6.21. The van der Waals surface area contributed by atoms with Crippen molar-refractivity contribution in [3.8, 4) is 17.5 Å². The van der Waals surface area contributed by atoms with Gasteiger partial charge in [0, 0.05) is 18.8 Å². The number of amides is 1. The van der Waals surface area contributed by atoms with Crippen LogP contribution in [0.5, 0.6) is 0 Å². The quantitative estimate of drug-likeness (QED) is 0.396. The van der Waals surface area contributed by atoms with Gasteiger partial charge in [-0.2, -0.15) is 5.26 Å². The molecule has 33 heavy (non-hydrogen) atoms. The Labute approximate surface area is 198 Å². The number of nitrogens with zero attached hydrogens (tertiary/aromatic N) is 5. The largest absolute Gasteiger partial charge is 0.311 e. The van der Waals surface area contributed by atoms with Crippen molar-refractivity contribution >= 4 is 23.4 Å². The molecule has 0 aliphatic rings. The van der Waals surface area contributed by atoms with Gasteiger partial charge in [0.1, 0.15) is 5.82 Å². The summed E-state index contributed by atoms with van der Waals surface area (Å²) in [5, 5.41) is 18.1. The lowest BCUT2D eigenvalue weighted by molar-refractivity contribution is -0.116. The molecule has 0 aliphatic carbocycles. The summed E-state index contributed by atoms with van der Waals surface area (Å²) in [6.07, 6.45) is 0.240. The van der Waals surface area contributed by atoms with E-state index in [-0.39, 0.29) is 29.8 Å². The number of benzene rings is 2. The van der Waals surface area contributed by atoms with Crippen molar-refractivity contribution in [3.05, 3.63) is 59.4 Å². The van der Waals surface area contributed by atoms with Crippen LogP contribution < -0.4 is 4.90 Å². The van der Waals surface area contributed by atoms with E-state index in [1.54, 1.807) is 23.1 Å². The van der Waals surface area contributed by atoms with Crippen molar-refractivity contribution < 1.29 is 9.18 Å². The van der Waals surface area contributed by atoms with Gasteiger partial charge in [-0.25, -0.2) is 4.39 Å². The van der Waals surface area contributed by atoms with E-state index in [2.05, 4.69) is 30.1 Å². The maximum atomic E-state index is 14.4. The number of aromatic nitrogens is 3. The van der Waals surface area contributed by atoms with Gasteiger partial charge in [-0.3, -0.25) is 4.79 Å². The van der Waals surface area contributed by atoms with Gasteiger partial charge >= 0.3 is 0 Å². The summed E-state index contributed by atoms with van der Waals surface area (Å²) in [4.78, 5) is 14.8. The molecule has 1 heterocycles. The van der Waals surface area contributed by atoms with Crippen molar-refractivity contribution in [3.63, 3.8) is 0 Å². The molecule has 0 fully saturated rings. The zero-order chi connectivity index (χ0) is 24.0. The molecule has 0 saturated heterocycles. The standard InChI is InChI=1S/C25H28FN5OS/c1-17(2)15-31-24(21-8-5-6-9-22(21)26)28-29-25(31)33-16-23(32)30(13-7-12-27)20-11-10-18(3)19(4)14-20/h5-6,8-11,14,17H,7,13,15-16H2,1-4H3. The lowest BCUT2D eigenvalue weighted by Gasteiger charge is -2.22. The van der Waals surface area contributed by atoms with Crippen molar-refractivity contribution in [2.45, 2.75) is 45.8 Å². The summed E-state index contributed by atoms with van der Waals surface area (Å²) in [7, 11) is 0. The predicted molar refractivity (Wildman–Crippen MR) is 129 cm³/mol. The summed E-state index contributed by atoms with van der Waals surface area (Å²) < 4.78 is 16.3. The van der Waals surface area contributed by atoms with E-state index in [0.29, 0.717) is 29.6 Å². The Kier molecular flexibility index (Phi) is 8.23. The maximum absolute atomic E-state index is 14.4. The van der Waals surface area contributed by atoms with E-state index in [4.69, 9.17) is 5.26 Å². The first kappa shape index (κ1) is 24.5. The molecule has 2 aromatic carbocycles. The molecular weight excluding hydrogens is 437 g/mol. The minimum atomic E-state index is -0.361. The highest BCUT2D eigenvalue weighted by Gasteiger charge is 2.21. The number of aryl methyl sites for hydroxylation is 2. The van der Waals surface area contributed by atoms with Gasteiger partial charge in [-0.1, -0.05) is 43.8 Å². The van der Waals surface area contributed by atoms with E-state index in [1.807, 2.05) is 36.6 Å². The molecule has 8 heteroatoms. The van der Waals surface area contributed by atoms with Crippen LogP contribution in [0.15, 0.2) is 47.6 Å². The van der Waals surface area contributed by atoms with E-state index < -0.39 is 0 Å². The van der Waals surface area contributed by atoms with Crippen molar-refractivity contribution in [1.82, 2.24) is 14.8 Å². The van der Waals surface area contributed by atoms with Gasteiger partial charge < -0.3 is 9.47 Å². The second kappa shape index (κ2) is 11.1. The molecule has 0 atom stereocenters. The number of carbonyl (C=O) groups is 1. The first-order chi connectivity index (χ1) is 15.8. The van der Waals surface area contributed by atoms with Crippen LogP contribution >= 0.6 is 11.8 Å². The van der Waals surface area contributed by atoms with Gasteiger partial charge in [0.25, 0.3) is 0 Å². The van der Waals surface area contributed by atoms with Crippen molar-refractivity contribution in [2.24, 2.45) is 5.92 Å². The van der Waals surface area contributed by atoms with Crippen LogP contribution in [0.4, 0.5) is 10.1 Å². The van der Waals surface area contributed by atoms with E-state index in [9.17, 15) is 9.18 Å². The zero-order valence-electron chi connectivity index (χ0n) is 19.4. The summed E-state index contributed by atoms with van der Waals surface area (Å²) in [5.41, 5.74) is 3.38. The number of halogens is 1. The van der Waals surface area contributed by atoms with E-state index >= 15 is 0 Å². The van der Waals surface area contributed by atoms with Crippen LogP contribution in [0.2, 0.25) is 0 Å². The fourth-order valence-electron chi connectivity index (χ4n) is 3.42. The minimum absolute atomic E-state index is 0.120. The molecule has 0 aliphatic heterocycles. The molecule has 3 rings (SSSR count). The molecule has 0 N–H and O–H groups in total. The molecule has 3 aromatic rings. The highest BCUT2D eigenvalue weighted by molar-refractivity contribution is 7.99. The molecule has 0 bridgehead atoms. The Bertz CT molecular complexity index is 1170. The SMILES string of the molecule is Cc1ccc(N(CCC#N)C(=O)CSc2nnc(-c3ccccc3F)n2CC(C)C)cc1C. The van der Waals surface area contributed by atoms with Crippen LogP contribution in [0.3, 0.4) is 0 Å². The molecule has 1 aromatic heterocycles. The predicted octanol–water partition coefficient (Wildman–Crippen LogP) is 5.40. The maximum Gasteiger partial charge on any atom is 0.237 e. The summed E-state index contributed by atoms with van der Waals surface area (Å²) in [6.45, 7) is 9.06. The normalized spacial score (nSPS) is 10.9. The van der Waals surface area contributed by atoms with Crippen molar-refractivity contribution in [1.29, 1.82) is 5.26 Å². The Morgan fingerprint density at radius 2 is 1.94 bits per heavy atom. The fraction of sp³-hybridized carbons (Fsp3) is 0.360. The molecular formula is C25H28FN5OS. The Balaban J connectivity index is 1.85. The molecule has 0 radical (unpaired) electrons. The monoisotopic (exact) mass is 465 g/mol. The average molecular weight is 466 g/mol. The second-order valence-corrected chi connectivity index (χ2v) is 9.24. The van der Waals surface area contributed by atoms with Crippen LogP contribution in [-0.2, 0) is 11.3 Å². The lowest BCUT2D eigenvalue weighted by atomic mass is 10.1. The van der Waals surface area contributed by atoms with Gasteiger partial charge in [-0.15, -0.1) is 10.2 Å². The lowest BCUT2D eigenvalue weighted by Crippen LogP contribution is -2.33. The van der Waals surface area contributed by atoms with Crippen LogP contribution in [-0.4, -0.2) is 33.0 Å². The molecule has 6 nitrogen and oxygen atoms in total. The number of anilines is 1. The molecule has 172 valence electrons. The third kappa shape index (κ3) is 5.99. The molecule has 0 saturated carbocycles. The highest BCUT2D eigenvalue weighted by atomic mass is 32.2. The molecule has 0 unspecified atom stereocenters. The van der Waals surface area contributed by atoms with E-state index in [1.165, 1.54) is 17.8 Å². The molecule has 0 spiro atoms. The number of nitriles is 1. The summed E-state index contributed by atoms with van der Waals surface area (Å²) in [6, 6.07) is 14.4. The molecule has 1 amide bonds. The van der Waals surface area contributed by atoms with Crippen LogP contribution in [0.1, 0.15) is 31.4 Å². The first-order valence-electron chi connectivity index (χ1n) is 10.9. The van der Waals surface area contributed by atoms with Gasteiger partial charge in [0.05, 0.1) is 23.8 Å². The van der Waals surface area contributed by atoms with Gasteiger partial charge in [-0.05, 0) is 55.2 Å². The number of hydrogen-bond acceptors (Lipinski definition) is 5. The third-order valence-electron chi connectivity index (χ3n) is 5.25. The van der Waals surface area contributed by atoms with Crippen LogP contribution in [0, 0.1) is 36.9 Å². The Morgan fingerprint density at radius 3 is 2.61 bits per heavy atom. The second-order valence-electron chi connectivity index (χ2n) is 8.30. The van der Waals surface area contributed by atoms with Gasteiger partial charge in [0.2, 0.25) is 5.91 Å². The van der Waals surface area contributed by atoms with Crippen molar-refractivity contribution in [2.75, 3.05) is 17.2 Å². The smallest absolute Gasteiger partial charge is 0.237 e. The summed E-state index contributed by atoms with van der Waals surface area (Å²) >= 11 is 1.28. The summed E-state index contributed by atoms with van der Waals surface area (Å²) in [5.74, 6) is 0.382. The number of rotatable bonds is 9. The fourth-order valence-corrected chi connectivity index (χ4v) is 4.25. The topological polar surface area (TPSA) is 74.8 Å². The Hall–Kier alpha value is -3.18. The number of thioether (sulfide) groups is 1. The Morgan fingerprint density at radius 1 is 1.18 bits per heavy atom. The average Bonchev–Trinajstić information content (AvgIpc) is 3.16. The highest BCUT2D eigenvalue weighted by Crippen LogP contribution is 2.28. The zero-order valence-corrected chi connectivity index (χ0v) is 20.2. The minimum Gasteiger partial charge on any atom is -0.311 e. The first-order valence-corrected chi connectivity index (χ1v) is 11.9. The number of carbonyl (C=O) groups excluding carboxylic acids is 1. The van der Waals surface area contributed by atoms with Gasteiger partial charge in [0.15, 0.2) is 11.0 Å². The van der Waals surface area contributed by atoms with Crippen LogP contribution in [0.25, 0.3) is 11.4 Å². The number of hydrogen-bond donors (Lipinski definition) is 0.